The standard InChI is InChI=1S/C49H48N12O7S6/c1-22(2)26-14-32(62)37-23(3)73-48(60-37)28(15-35(63)51-5)54-42(66)30-19-69-44(56-30)25-12-13-27(46-58-34(50-4)21-72-46)53-38(25)29-18-70-47(55-29)31-20-71-49(57-31)40(41(65)24-10-8-7-9-11-24)59-36(64)16-52-43(67)39-33(17-68-6)74-45(26)61-39/h7-13,18-22,26,28,40-41,50,65H,14-17H2,1-6H3,(H,51,63)(H,52,67)(H,54,66)(H,59,64). The van der Waals surface area contributed by atoms with Gasteiger partial charge < -0.3 is 36.4 Å². The lowest BCUT2D eigenvalue weighted by molar-refractivity contribution is -0.122. The zero-order chi connectivity index (χ0) is 52.2. The number of aromatic nitrogens is 7. The van der Waals surface area contributed by atoms with Gasteiger partial charge in [-0.05, 0) is 30.5 Å². The van der Waals surface area contributed by atoms with E-state index in [1.54, 1.807) is 49.0 Å². The number of nitrogens with one attached hydrogen (secondary N) is 5. The van der Waals surface area contributed by atoms with Crippen molar-refractivity contribution in [3.8, 4) is 43.4 Å². The summed E-state index contributed by atoms with van der Waals surface area (Å²) in [5.74, 6) is -2.29. The summed E-state index contributed by atoms with van der Waals surface area (Å²) in [5.41, 5.74) is 3.50. The number of anilines is 1. The molecular formula is C49H48N12O7S6. The van der Waals surface area contributed by atoms with Crippen LogP contribution >= 0.6 is 68.0 Å². The smallest absolute Gasteiger partial charge is 0.271 e. The zero-order valence-corrected chi connectivity index (χ0v) is 45.4. The summed E-state index contributed by atoms with van der Waals surface area (Å²) in [6.45, 7) is 5.26. The van der Waals surface area contributed by atoms with E-state index in [2.05, 4.69) is 31.6 Å². The number of nitrogens with zero attached hydrogens (tertiary/aromatic N) is 7. The fraction of sp³-hybridized carbons (Fsp3) is 0.306. The van der Waals surface area contributed by atoms with Crippen molar-refractivity contribution >= 4 is 103 Å². The molecule has 0 spiro atoms. The van der Waals surface area contributed by atoms with Crippen LogP contribution in [0.3, 0.4) is 0 Å². The van der Waals surface area contributed by atoms with E-state index >= 15 is 0 Å². The average Bonchev–Trinajstić information content (AvgIpc) is 4.27. The van der Waals surface area contributed by atoms with Crippen molar-refractivity contribution in [2.75, 3.05) is 33.1 Å². The zero-order valence-electron chi connectivity index (χ0n) is 40.5. The van der Waals surface area contributed by atoms with E-state index in [1.807, 2.05) is 42.8 Å². The Morgan fingerprint density at radius 3 is 2.20 bits per heavy atom. The van der Waals surface area contributed by atoms with Crippen LogP contribution < -0.4 is 26.6 Å². The predicted octanol–water partition coefficient (Wildman–Crippen LogP) is 8.24. The molecule has 25 heteroatoms. The third-order valence-corrected chi connectivity index (χ3v) is 17.6. The van der Waals surface area contributed by atoms with Gasteiger partial charge in [-0.3, -0.25) is 24.0 Å². The molecule has 0 saturated heterocycles. The van der Waals surface area contributed by atoms with Crippen LogP contribution in [0, 0.1) is 12.8 Å². The van der Waals surface area contributed by atoms with Crippen molar-refractivity contribution in [3.05, 3.63) is 111 Å². The predicted molar refractivity (Wildman–Crippen MR) is 288 cm³/mol. The molecule has 8 aromatic rings. The number of benzene rings is 1. The molecular weight excluding hydrogens is 1060 g/mol. The maximum absolute atomic E-state index is 14.3. The SMILES string of the molecule is CNC(=O)CC1NC(=O)c2csc(n2)-c2ccc(-c3nc(NC)cs3)nc2-c2csc(n2)-c2csc(n2)C(C(O)c2ccccc2)NC(=O)CNC(=O)c2nc(sc2COC)C(C(C)C)CC(=O)c2nc1sc2C. The van der Waals surface area contributed by atoms with Crippen molar-refractivity contribution < 1.29 is 33.8 Å². The van der Waals surface area contributed by atoms with E-state index in [-0.39, 0.29) is 54.1 Å². The number of aryl methyl sites for hydroxylation is 1. The number of aliphatic hydroxyl groups excluding tert-OH is 1. The molecule has 19 nitrogen and oxygen atoms in total. The minimum Gasteiger partial charge on any atom is -0.386 e. The monoisotopic (exact) mass is 1110 g/mol. The summed E-state index contributed by atoms with van der Waals surface area (Å²) in [6.07, 6.45) is -1.40. The maximum atomic E-state index is 14.3. The largest absolute Gasteiger partial charge is 0.386 e. The van der Waals surface area contributed by atoms with E-state index in [0.29, 0.717) is 79.5 Å². The Kier molecular flexibility index (Phi) is 16.2. The molecule has 0 radical (unpaired) electrons. The van der Waals surface area contributed by atoms with Crippen LogP contribution in [0.5, 0.6) is 0 Å². The number of aliphatic hydroxyl groups is 1. The summed E-state index contributed by atoms with van der Waals surface area (Å²) < 4.78 is 5.46. The number of amides is 4. The molecule has 4 amide bonds. The van der Waals surface area contributed by atoms with Crippen LogP contribution in [0.15, 0.2) is 64.0 Å². The molecule has 10 bridgehead atoms. The molecule has 0 saturated carbocycles. The molecule has 4 atom stereocenters. The maximum Gasteiger partial charge on any atom is 0.271 e. The Hall–Kier alpha value is -6.58. The minimum absolute atomic E-state index is 0.0104. The first-order valence-electron chi connectivity index (χ1n) is 23.0. The van der Waals surface area contributed by atoms with Crippen molar-refractivity contribution in [1.29, 1.82) is 0 Å². The Labute approximate surface area is 448 Å². The highest BCUT2D eigenvalue weighted by atomic mass is 32.1. The Balaban J connectivity index is 1.13. The van der Waals surface area contributed by atoms with Gasteiger partial charge in [0.1, 0.15) is 77.2 Å². The number of methoxy groups -OCH3 is 1. The number of rotatable bonds is 9. The first kappa shape index (κ1) is 52.3. The first-order valence-corrected chi connectivity index (χ1v) is 28.2. The highest BCUT2D eigenvalue weighted by molar-refractivity contribution is 7.15. The van der Waals surface area contributed by atoms with Gasteiger partial charge in [0.2, 0.25) is 11.8 Å². The molecule has 6 N–H and O–H groups in total. The number of hydrogen-bond acceptors (Lipinski definition) is 21. The van der Waals surface area contributed by atoms with Crippen molar-refractivity contribution in [2.24, 2.45) is 5.92 Å². The molecule has 9 rings (SSSR count). The molecule has 1 aliphatic rings. The second-order valence-electron chi connectivity index (χ2n) is 17.2. The molecule has 7 aromatic heterocycles. The number of carbonyl (C=O) groups is 5. The van der Waals surface area contributed by atoms with Crippen LogP contribution in [-0.2, 0) is 20.9 Å². The number of thiazole rings is 6. The van der Waals surface area contributed by atoms with Gasteiger partial charge in [-0.1, -0.05) is 44.2 Å². The summed E-state index contributed by atoms with van der Waals surface area (Å²) in [4.78, 5) is 104. The molecule has 1 aliphatic heterocycles. The van der Waals surface area contributed by atoms with E-state index in [4.69, 9.17) is 34.6 Å². The average molecular weight is 1110 g/mol. The molecule has 8 heterocycles. The Morgan fingerprint density at radius 1 is 0.743 bits per heavy atom. The van der Waals surface area contributed by atoms with Gasteiger partial charge in [0, 0.05) is 65.5 Å². The van der Waals surface area contributed by atoms with Gasteiger partial charge in [0.15, 0.2) is 5.78 Å². The van der Waals surface area contributed by atoms with Gasteiger partial charge in [0.25, 0.3) is 11.8 Å². The van der Waals surface area contributed by atoms with Gasteiger partial charge in [-0.15, -0.1) is 68.0 Å². The highest BCUT2D eigenvalue weighted by Gasteiger charge is 2.33. The molecule has 74 heavy (non-hydrogen) atoms. The first-order chi connectivity index (χ1) is 35.7. The summed E-state index contributed by atoms with van der Waals surface area (Å²) >= 11 is 7.66. The highest BCUT2D eigenvalue weighted by Crippen LogP contribution is 2.40. The molecule has 0 aliphatic carbocycles. The van der Waals surface area contributed by atoms with E-state index < -0.39 is 48.4 Å². The molecule has 0 fully saturated rings. The number of pyridine rings is 1. The number of hydrogen-bond donors (Lipinski definition) is 6. The van der Waals surface area contributed by atoms with Gasteiger partial charge in [0.05, 0.1) is 41.2 Å². The summed E-state index contributed by atoms with van der Waals surface area (Å²) in [6, 6.07) is 10.6. The van der Waals surface area contributed by atoms with Crippen LogP contribution in [-0.4, -0.2) is 97.2 Å². The minimum atomic E-state index is -1.23. The van der Waals surface area contributed by atoms with Crippen molar-refractivity contribution in [2.45, 2.75) is 64.3 Å². The molecule has 1 aromatic carbocycles. The van der Waals surface area contributed by atoms with Crippen LogP contribution in [0.4, 0.5) is 5.82 Å². The summed E-state index contributed by atoms with van der Waals surface area (Å²) in [7, 11) is 4.78. The van der Waals surface area contributed by atoms with Crippen molar-refractivity contribution in [1.82, 2.24) is 56.2 Å². The van der Waals surface area contributed by atoms with Gasteiger partial charge in [-0.25, -0.2) is 34.9 Å². The lowest BCUT2D eigenvalue weighted by Crippen LogP contribution is -2.40. The Morgan fingerprint density at radius 2 is 1.46 bits per heavy atom. The molecule has 382 valence electrons. The third kappa shape index (κ3) is 11.4. The molecule has 4 unspecified atom stereocenters. The van der Waals surface area contributed by atoms with Gasteiger partial charge in [-0.2, -0.15) is 0 Å². The van der Waals surface area contributed by atoms with Crippen molar-refractivity contribution in [3.63, 3.8) is 0 Å². The number of ketones is 1. The number of Topliss-reactive ketones (excluding diaryl/α,β-unsaturated/α-hetero) is 1. The number of carbonyl (C=O) groups excluding carboxylic acids is 5. The topological polar surface area (TPSA) is 265 Å². The van der Waals surface area contributed by atoms with E-state index in [1.165, 1.54) is 82.2 Å². The second-order valence-corrected chi connectivity index (χ2v) is 23.0. The van der Waals surface area contributed by atoms with Crippen LogP contribution in [0.2, 0.25) is 0 Å². The lowest BCUT2D eigenvalue weighted by atomic mass is 9.90. The fourth-order valence-electron chi connectivity index (χ4n) is 7.95. The Bertz CT molecular complexity index is 3360. The fourth-order valence-corrected chi connectivity index (χ4v) is 13.6. The lowest BCUT2D eigenvalue weighted by Gasteiger charge is -2.23. The number of fused-ring (bicyclic) bond motifs is 14. The summed E-state index contributed by atoms with van der Waals surface area (Å²) in [5, 5.41) is 36.2. The third-order valence-electron chi connectivity index (χ3n) is 11.9. The normalized spacial score (nSPS) is 17.1. The van der Waals surface area contributed by atoms with Gasteiger partial charge >= 0.3 is 0 Å². The quantitative estimate of drug-likeness (QED) is 0.0795. The van der Waals surface area contributed by atoms with Crippen LogP contribution in [0.1, 0.15) is 113 Å². The number of ether oxygens (including phenoxy) is 1. The van der Waals surface area contributed by atoms with E-state index in [9.17, 15) is 29.1 Å². The van der Waals surface area contributed by atoms with E-state index in [0.717, 1.165) is 0 Å². The van der Waals surface area contributed by atoms with Crippen LogP contribution in [0.25, 0.3) is 43.4 Å². The second kappa shape index (κ2) is 22.9.